The second kappa shape index (κ2) is 9.21. The van der Waals surface area contributed by atoms with Gasteiger partial charge < -0.3 is 5.32 Å². The number of hydrogen-bond donors (Lipinski definition) is 2. The molecule has 0 aliphatic carbocycles. The average molecular weight is 407 g/mol. The Hall–Kier alpha value is -3.38. The fraction of sp³-hybridized carbons (Fsp3) is 0.0870. The SMILES string of the molecule is CCc1ccc(NC(=O)c2ccc(NS(=O)(=O)/C=C/c3ccccc3)cc2)cc1. The predicted molar refractivity (Wildman–Crippen MR) is 118 cm³/mol. The van der Waals surface area contributed by atoms with Crippen molar-refractivity contribution in [2.45, 2.75) is 13.3 Å². The number of benzene rings is 3. The number of nitrogens with one attached hydrogen (secondary N) is 2. The third-order valence-electron chi connectivity index (χ3n) is 4.27. The maximum atomic E-state index is 12.4. The van der Waals surface area contributed by atoms with Crippen molar-refractivity contribution < 1.29 is 13.2 Å². The van der Waals surface area contributed by atoms with Crippen molar-refractivity contribution in [3.63, 3.8) is 0 Å². The van der Waals surface area contributed by atoms with Gasteiger partial charge in [-0.1, -0.05) is 49.4 Å². The highest BCUT2D eigenvalue weighted by molar-refractivity contribution is 7.95. The van der Waals surface area contributed by atoms with Crippen LogP contribution in [0.5, 0.6) is 0 Å². The fourth-order valence-electron chi connectivity index (χ4n) is 2.65. The van der Waals surface area contributed by atoms with Crippen molar-refractivity contribution in [1.82, 2.24) is 0 Å². The van der Waals surface area contributed by atoms with Crippen LogP contribution < -0.4 is 10.0 Å². The lowest BCUT2D eigenvalue weighted by molar-refractivity contribution is 0.102. The van der Waals surface area contributed by atoms with Crippen LogP contribution in [0.3, 0.4) is 0 Å². The molecule has 0 aliphatic heterocycles. The summed E-state index contributed by atoms with van der Waals surface area (Å²) in [5.41, 5.74) is 3.51. The van der Waals surface area contributed by atoms with E-state index in [1.54, 1.807) is 24.3 Å². The van der Waals surface area contributed by atoms with Crippen molar-refractivity contribution >= 4 is 33.4 Å². The molecule has 3 aromatic carbocycles. The molecule has 0 saturated carbocycles. The number of sulfonamides is 1. The van der Waals surface area contributed by atoms with Gasteiger partial charge in [0.1, 0.15) is 0 Å². The number of amides is 1. The van der Waals surface area contributed by atoms with Crippen molar-refractivity contribution in [3.8, 4) is 0 Å². The van der Waals surface area contributed by atoms with Gasteiger partial charge in [-0.3, -0.25) is 9.52 Å². The minimum Gasteiger partial charge on any atom is -0.322 e. The molecule has 3 aromatic rings. The smallest absolute Gasteiger partial charge is 0.255 e. The molecule has 2 N–H and O–H groups in total. The van der Waals surface area contributed by atoms with Gasteiger partial charge in [-0.25, -0.2) is 8.42 Å². The molecular weight excluding hydrogens is 384 g/mol. The predicted octanol–water partition coefficient (Wildman–Crippen LogP) is 4.91. The van der Waals surface area contributed by atoms with Crippen LogP contribution in [0.4, 0.5) is 11.4 Å². The van der Waals surface area contributed by atoms with E-state index in [2.05, 4.69) is 17.0 Å². The second-order valence-electron chi connectivity index (χ2n) is 6.44. The highest BCUT2D eigenvalue weighted by Gasteiger charge is 2.09. The van der Waals surface area contributed by atoms with Crippen LogP contribution in [-0.4, -0.2) is 14.3 Å². The Kier molecular flexibility index (Phi) is 6.46. The number of anilines is 2. The van der Waals surface area contributed by atoms with Crippen LogP contribution in [0.25, 0.3) is 6.08 Å². The minimum absolute atomic E-state index is 0.257. The van der Waals surface area contributed by atoms with Crippen molar-refractivity contribution in [2.24, 2.45) is 0 Å². The zero-order valence-corrected chi connectivity index (χ0v) is 16.8. The number of rotatable bonds is 7. The molecule has 0 aliphatic rings. The number of carbonyl (C=O) groups excluding carboxylic acids is 1. The number of hydrogen-bond acceptors (Lipinski definition) is 3. The van der Waals surface area contributed by atoms with E-state index in [0.29, 0.717) is 16.9 Å². The summed E-state index contributed by atoms with van der Waals surface area (Å²) in [5.74, 6) is -0.257. The molecule has 0 fully saturated rings. The quantitative estimate of drug-likeness (QED) is 0.585. The fourth-order valence-corrected chi connectivity index (χ4v) is 3.52. The van der Waals surface area contributed by atoms with E-state index in [1.165, 1.54) is 11.6 Å². The molecule has 0 radical (unpaired) electrons. The van der Waals surface area contributed by atoms with Gasteiger partial charge in [-0.15, -0.1) is 0 Å². The molecule has 0 aromatic heterocycles. The van der Waals surface area contributed by atoms with Gasteiger partial charge in [-0.05, 0) is 60.0 Å². The van der Waals surface area contributed by atoms with Gasteiger partial charge in [-0.2, -0.15) is 0 Å². The molecule has 148 valence electrons. The van der Waals surface area contributed by atoms with Gasteiger partial charge in [0.2, 0.25) is 0 Å². The van der Waals surface area contributed by atoms with E-state index in [1.807, 2.05) is 54.6 Å². The first-order valence-electron chi connectivity index (χ1n) is 9.21. The van der Waals surface area contributed by atoms with Gasteiger partial charge in [0.05, 0.1) is 5.41 Å². The normalized spacial score (nSPS) is 11.3. The maximum Gasteiger partial charge on any atom is 0.255 e. The maximum absolute atomic E-state index is 12.4. The van der Waals surface area contributed by atoms with E-state index in [4.69, 9.17) is 0 Å². The summed E-state index contributed by atoms with van der Waals surface area (Å²) in [6, 6.07) is 23.1. The third-order valence-corrected chi connectivity index (χ3v) is 5.28. The van der Waals surface area contributed by atoms with E-state index in [0.717, 1.165) is 17.4 Å². The summed E-state index contributed by atoms with van der Waals surface area (Å²) >= 11 is 0. The summed E-state index contributed by atoms with van der Waals surface area (Å²) < 4.78 is 26.9. The van der Waals surface area contributed by atoms with Gasteiger partial charge in [0, 0.05) is 16.9 Å². The molecule has 0 unspecified atom stereocenters. The van der Waals surface area contributed by atoms with E-state index < -0.39 is 10.0 Å². The topological polar surface area (TPSA) is 75.3 Å². The Morgan fingerprint density at radius 2 is 1.48 bits per heavy atom. The zero-order valence-electron chi connectivity index (χ0n) is 16.0. The van der Waals surface area contributed by atoms with Crippen LogP contribution in [0, 0.1) is 0 Å². The third kappa shape index (κ3) is 6.05. The van der Waals surface area contributed by atoms with Gasteiger partial charge in [0.25, 0.3) is 15.9 Å². The van der Waals surface area contributed by atoms with E-state index in [-0.39, 0.29) is 5.91 Å². The Balaban J connectivity index is 1.63. The lowest BCUT2D eigenvalue weighted by atomic mass is 10.1. The first-order chi connectivity index (χ1) is 13.9. The van der Waals surface area contributed by atoms with Crippen LogP contribution in [0.2, 0.25) is 0 Å². The average Bonchev–Trinajstić information content (AvgIpc) is 2.74. The summed E-state index contributed by atoms with van der Waals surface area (Å²) in [6.45, 7) is 2.07. The molecule has 0 bridgehead atoms. The Bertz CT molecular complexity index is 1090. The van der Waals surface area contributed by atoms with E-state index in [9.17, 15) is 13.2 Å². The standard InChI is InChI=1S/C23H22N2O3S/c1-2-18-8-12-21(13-9-18)24-23(26)20-10-14-22(15-11-20)25-29(27,28)17-16-19-6-4-3-5-7-19/h3-17,25H,2H2,1H3,(H,24,26)/b17-16+. The first kappa shape index (κ1) is 20.4. The highest BCUT2D eigenvalue weighted by atomic mass is 32.2. The summed E-state index contributed by atoms with van der Waals surface area (Å²) in [6.07, 6.45) is 2.46. The van der Waals surface area contributed by atoms with E-state index >= 15 is 0 Å². The summed E-state index contributed by atoms with van der Waals surface area (Å²) in [4.78, 5) is 12.4. The molecule has 0 saturated heterocycles. The Morgan fingerprint density at radius 1 is 0.862 bits per heavy atom. The first-order valence-corrected chi connectivity index (χ1v) is 10.8. The van der Waals surface area contributed by atoms with Crippen LogP contribution in [0.1, 0.15) is 28.4 Å². The molecule has 29 heavy (non-hydrogen) atoms. The number of carbonyl (C=O) groups is 1. The van der Waals surface area contributed by atoms with Crippen molar-refractivity contribution in [1.29, 1.82) is 0 Å². The van der Waals surface area contributed by atoms with Gasteiger partial charge >= 0.3 is 0 Å². The summed E-state index contributed by atoms with van der Waals surface area (Å²) in [7, 11) is -3.65. The number of aryl methyl sites for hydroxylation is 1. The Labute approximate surface area is 171 Å². The Morgan fingerprint density at radius 3 is 2.10 bits per heavy atom. The van der Waals surface area contributed by atoms with Crippen molar-refractivity contribution in [2.75, 3.05) is 10.0 Å². The molecular formula is C23H22N2O3S. The molecule has 6 heteroatoms. The lowest BCUT2D eigenvalue weighted by Gasteiger charge is -2.08. The molecule has 3 rings (SSSR count). The molecule has 5 nitrogen and oxygen atoms in total. The minimum atomic E-state index is -3.65. The zero-order chi connectivity index (χ0) is 20.7. The molecule has 0 spiro atoms. The monoisotopic (exact) mass is 406 g/mol. The van der Waals surface area contributed by atoms with Gasteiger partial charge in [0.15, 0.2) is 0 Å². The molecule has 0 heterocycles. The highest BCUT2D eigenvalue weighted by Crippen LogP contribution is 2.15. The largest absolute Gasteiger partial charge is 0.322 e. The van der Waals surface area contributed by atoms with Crippen LogP contribution >= 0.6 is 0 Å². The lowest BCUT2D eigenvalue weighted by Crippen LogP contribution is -2.12. The van der Waals surface area contributed by atoms with Crippen LogP contribution in [-0.2, 0) is 16.4 Å². The molecule has 1 amide bonds. The van der Waals surface area contributed by atoms with Crippen LogP contribution in [0.15, 0.2) is 84.3 Å². The summed E-state index contributed by atoms with van der Waals surface area (Å²) in [5, 5.41) is 3.94. The van der Waals surface area contributed by atoms with Crippen molar-refractivity contribution in [3.05, 3.63) is 101 Å². The second-order valence-corrected chi connectivity index (χ2v) is 8.01. The molecule has 0 atom stereocenters.